The second kappa shape index (κ2) is 7.40. The highest BCUT2D eigenvalue weighted by molar-refractivity contribution is 8.24. The van der Waals surface area contributed by atoms with Gasteiger partial charge >= 0.3 is 0 Å². The first-order valence-electron chi connectivity index (χ1n) is 9.49. The topological polar surface area (TPSA) is 110 Å². The van der Waals surface area contributed by atoms with Crippen molar-refractivity contribution in [3.05, 3.63) is 34.7 Å². The quantitative estimate of drug-likeness (QED) is 0.661. The minimum atomic E-state index is -2.95. The Labute approximate surface area is 169 Å². The zero-order chi connectivity index (χ0) is 20.8. The van der Waals surface area contributed by atoms with E-state index in [1.165, 1.54) is 4.57 Å². The fourth-order valence-electron chi connectivity index (χ4n) is 3.19. The molecular weight excluding hydrogens is 396 g/mol. The number of anilines is 1. The molecule has 8 nitrogen and oxygen atoms in total. The van der Waals surface area contributed by atoms with E-state index in [0.29, 0.717) is 34.3 Å². The molecule has 2 aromatic rings. The second-order valence-electron chi connectivity index (χ2n) is 7.37. The molecule has 156 valence electrons. The maximum Gasteiger partial charge on any atom is 0.277 e. The Kier molecular flexibility index (Phi) is 5.05. The Bertz CT molecular complexity index is 1030. The van der Waals surface area contributed by atoms with Crippen molar-refractivity contribution in [2.75, 3.05) is 24.3 Å². The van der Waals surface area contributed by atoms with Crippen LogP contribution in [0.5, 0.6) is 11.5 Å². The van der Waals surface area contributed by atoms with Gasteiger partial charge in [0.25, 0.3) is 11.5 Å². The first-order chi connectivity index (χ1) is 13.8. The van der Waals surface area contributed by atoms with Crippen LogP contribution < -0.4 is 20.3 Å². The van der Waals surface area contributed by atoms with E-state index < -0.39 is 16.5 Å². The Balaban J connectivity index is 1.89. The standard InChI is InChI=1S/C20H24N2O6S/c1-3-29(25,26)13-6-7-16(27-10-12-4-5-12)14(8-13)15-9-22(2)20(24)18-19(15)28-11-17(23)21-18/h6-9,12,25-26H,3-5,10-11H2,1-2H3,(H,21,23). The molecule has 4 rings (SSSR count). The van der Waals surface area contributed by atoms with Gasteiger partial charge < -0.3 is 19.4 Å². The summed E-state index contributed by atoms with van der Waals surface area (Å²) in [6, 6.07) is 5.04. The summed E-state index contributed by atoms with van der Waals surface area (Å²) in [5, 5.41) is 2.58. The van der Waals surface area contributed by atoms with Crippen molar-refractivity contribution in [1.29, 1.82) is 0 Å². The van der Waals surface area contributed by atoms with E-state index in [-0.39, 0.29) is 29.4 Å². The lowest BCUT2D eigenvalue weighted by Gasteiger charge is -2.32. The molecule has 0 saturated heterocycles. The van der Waals surface area contributed by atoms with E-state index >= 15 is 0 Å². The van der Waals surface area contributed by atoms with Gasteiger partial charge in [0.1, 0.15) is 5.75 Å². The predicted molar refractivity (Wildman–Crippen MR) is 111 cm³/mol. The van der Waals surface area contributed by atoms with Crippen LogP contribution in [0.1, 0.15) is 19.8 Å². The number of ether oxygens (including phenoxy) is 2. The van der Waals surface area contributed by atoms with Crippen LogP contribution in [0, 0.1) is 5.92 Å². The average molecular weight is 420 g/mol. The summed E-state index contributed by atoms with van der Waals surface area (Å²) in [4.78, 5) is 24.6. The average Bonchev–Trinajstić information content (AvgIpc) is 3.53. The van der Waals surface area contributed by atoms with E-state index in [2.05, 4.69) is 5.32 Å². The number of amides is 1. The first-order valence-corrected chi connectivity index (χ1v) is 11.2. The number of pyridine rings is 1. The molecule has 9 heteroatoms. The maximum absolute atomic E-state index is 12.5. The van der Waals surface area contributed by atoms with Gasteiger partial charge in [0, 0.05) is 30.1 Å². The summed E-state index contributed by atoms with van der Waals surface area (Å²) in [7, 11) is -1.36. The molecule has 0 radical (unpaired) electrons. The minimum absolute atomic E-state index is 0.0712. The van der Waals surface area contributed by atoms with Crippen LogP contribution in [0.4, 0.5) is 5.69 Å². The molecule has 1 amide bonds. The number of carbonyl (C=O) groups is 1. The fourth-order valence-corrected chi connectivity index (χ4v) is 4.12. The molecule has 0 atom stereocenters. The first kappa shape index (κ1) is 19.8. The SMILES string of the molecule is CCS(O)(O)c1ccc(OCC2CC2)c(-c2cn(C)c(=O)c3c2OCC(=O)N3)c1. The largest absolute Gasteiger partial charge is 0.493 e. The third-order valence-corrected chi connectivity index (χ3v) is 6.95. The highest BCUT2D eigenvalue weighted by atomic mass is 32.3. The van der Waals surface area contributed by atoms with E-state index in [1.807, 2.05) is 0 Å². The number of hydrogen-bond acceptors (Lipinski definition) is 6. The van der Waals surface area contributed by atoms with Gasteiger partial charge in [-0.3, -0.25) is 18.7 Å². The van der Waals surface area contributed by atoms with Crippen molar-refractivity contribution in [1.82, 2.24) is 4.57 Å². The third-order valence-electron chi connectivity index (χ3n) is 5.13. The van der Waals surface area contributed by atoms with Gasteiger partial charge in [-0.25, -0.2) is 0 Å². The minimum Gasteiger partial charge on any atom is -0.493 e. The summed E-state index contributed by atoms with van der Waals surface area (Å²) in [6.45, 7) is 2.08. The molecule has 1 aromatic carbocycles. The summed E-state index contributed by atoms with van der Waals surface area (Å²) in [5.41, 5.74) is 0.814. The van der Waals surface area contributed by atoms with Crippen LogP contribution >= 0.6 is 10.6 Å². The van der Waals surface area contributed by atoms with E-state index in [9.17, 15) is 18.7 Å². The molecule has 1 aliphatic carbocycles. The zero-order valence-electron chi connectivity index (χ0n) is 16.3. The van der Waals surface area contributed by atoms with Gasteiger partial charge in [0.15, 0.2) is 18.0 Å². The number of hydrogen-bond donors (Lipinski definition) is 3. The van der Waals surface area contributed by atoms with Crippen molar-refractivity contribution < 1.29 is 23.4 Å². The molecule has 0 unspecified atom stereocenters. The summed E-state index contributed by atoms with van der Waals surface area (Å²) >= 11 is 0. The van der Waals surface area contributed by atoms with Crippen LogP contribution in [0.15, 0.2) is 34.1 Å². The van der Waals surface area contributed by atoms with Gasteiger partial charge in [-0.2, -0.15) is 10.6 Å². The zero-order valence-corrected chi connectivity index (χ0v) is 17.1. The van der Waals surface area contributed by atoms with Gasteiger partial charge in [0.2, 0.25) is 0 Å². The van der Waals surface area contributed by atoms with Gasteiger partial charge in [-0.15, -0.1) is 0 Å². The smallest absolute Gasteiger partial charge is 0.277 e. The summed E-state index contributed by atoms with van der Waals surface area (Å²) in [6.07, 6.45) is 3.88. The number of fused-ring (bicyclic) bond motifs is 1. The Morgan fingerprint density at radius 3 is 2.72 bits per heavy atom. The molecule has 1 aromatic heterocycles. The number of rotatable bonds is 6. The lowest BCUT2D eigenvalue weighted by molar-refractivity contribution is -0.118. The lowest BCUT2D eigenvalue weighted by atomic mass is 10.0. The highest BCUT2D eigenvalue weighted by Gasteiger charge is 2.28. The number of benzene rings is 1. The third kappa shape index (κ3) is 3.85. The summed E-state index contributed by atoms with van der Waals surface area (Å²) in [5.74, 6) is 1.14. The molecule has 3 N–H and O–H groups in total. The molecule has 29 heavy (non-hydrogen) atoms. The van der Waals surface area contributed by atoms with Gasteiger partial charge in [-0.05, 0) is 43.9 Å². The Morgan fingerprint density at radius 1 is 1.28 bits per heavy atom. The number of aryl methyl sites for hydroxylation is 1. The maximum atomic E-state index is 12.5. The van der Waals surface area contributed by atoms with Crippen LogP contribution in [-0.2, 0) is 11.8 Å². The molecule has 1 saturated carbocycles. The molecule has 2 aliphatic rings. The normalized spacial score (nSPS) is 16.6. The Hall–Kier alpha value is -2.49. The highest BCUT2D eigenvalue weighted by Crippen LogP contribution is 2.51. The van der Waals surface area contributed by atoms with Crippen molar-refractivity contribution in [2.45, 2.75) is 24.7 Å². The number of nitrogens with zero attached hydrogens (tertiary/aromatic N) is 1. The monoisotopic (exact) mass is 420 g/mol. The van der Waals surface area contributed by atoms with Crippen LogP contribution in [0.3, 0.4) is 0 Å². The molecule has 1 fully saturated rings. The number of carbonyl (C=O) groups excluding carboxylic acids is 1. The molecule has 2 heterocycles. The van der Waals surface area contributed by atoms with Crippen LogP contribution in [0.25, 0.3) is 11.1 Å². The molecule has 1 aliphatic heterocycles. The molecule has 0 bridgehead atoms. The molecular formula is C20H24N2O6S. The lowest BCUT2D eigenvalue weighted by Crippen LogP contribution is -2.32. The van der Waals surface area contributed by atoms with Crippen molar-refractivity contribution >= 4 is 22.2 Å². The van der Waals surface area contributed by atoms with Gasteiger partial charge in [-0.1, -0.05) is 0 Å². The Morgan fingerprint density at radius 2 is 2.03 bits per heavy atom. The predicted octanol–water partition coefficient (Wildman–Crippen LogP) is 3.30. The number of nitrogens with one attached hydrogen (secondary N) is 1. The van der Waals surface area contributed by atoms with Crippen LogP contribution in [-0.4, -0.2) is 38.5 Å². The number of aromatic nitrogens is 1. The van der Waals surface area contributed by atoms with Crippen LogP contribution in [0.2, 0.25) is 0 Å². The second-order valence-corrected chi connectivity index (χ2v) is 9.75. The van der Waals surface area contributed by atoms with Crippen molar-refractivity contribution in [2.24, 2.45) is 13.0 Å². The molecule has 0 spiro atoms. The van der Waals surface area contributed by atoms with Gasteiger partial charge in [0.05, 0.1) is 11.5 Å². The van der Waals surface area contributed by atoms with E-state index in [0.717, 1.165) is 12.8 Å². The summed E-state index contributed by atoms with van der Waals surface area (Å²) < 4.78 is 33.8. The van der Waals surface area contributed by atoms with Crippen molar-refractivity contribution in [3.8, 4) is 22.6 Å². The van der Waals surface area contributed by atoms with E-state index in [4.69, 9.17) is 9.47 Å². The van der Waals surface area contributed by atoms with Crippen molar-refractivity contribution in [3.63, 3.8) is 0 Å². The fraction of sp³-hybridized carbons (Fsp3) is 0.400. The van der Waals surface area contributed by atoms with E-state index in [1.54, 1.807) is 38.4 Å².